The van der Waals surface area contributed by atoms with E-state index in [0.717, 1.165) is 0 Å². The van der Waals surface area contributed by atoms with Crippen molar-refractivity contribution in [3.63, 3.8) is 0 Å². The first-order chi connectivity index (χ1) is 11.3. The lowest BCUT2D eigenvalue weighted by molar-refractivity contribution is -0.141. The van der Waals surface area contributed by atoms with Gasteiger partial charge < -0.3 is 15.3 Å². The standard InChI is InChI=1S/C17H22N2O5/c1-4-15(21)13-5-7-14(8-6-13)16(22)19(11(2)17(23)24)10-9-18-12(3)20/h5-8,11H,4,9-10H2,1-3H3,(H,18,20)(H,23,24). The van der Waals surface area contributed by atoms with E-state index in [4.69, 9.17) is 0 Å². The number of carbonyl (C=O) groups is 4. The van der Waals surface area contributed by atoms with E-state index in [0.29, 0.717) is 17.5 Å². The van der Waals surface area contributed by atoms with Gasteiger partial charge in [-0.3, -0.25) is 14.4 Å². The molecule has 0 aliphatic heterocycles. The fourth-order valence-corrected chi connectivity index (χ4v) is 2.13. The van der Waals surface area contributed by atoms with Crippen molar-refractivity contribution >= 4 is 23.6 Å². The maximum atomic E-state index is 12.6. The minimum atomic E-state index is -1.14. The minimum absolute atomic E-state index is 0.0320. The van der Waals surface area contributed by atoms with Crippen molar-refractivity contribution in [2.24, 2.45) is 0 Å². The van der Waals surface area contributed by atoms with E-state index < -0.39 is 17.9 Å². The SMILES string of the molecule is CCC(=O)c1ccc(C(=O)N(CCNC(C)=O)C(C)C(=O)O)cc1. The lowest BCUT2D eigenvalue weighted by Crippen LogP contribution is -2.46. The molecule has 0 spiro atoms. The lowest BCUT2D eigenvalue weighted by atomic mass is 10.1. The van der Waals surface area contributed by atoms with Gasteiger partial charge >= 0.3 is 5.97 Å². The molecule has 130 valence electrons. The van der Waals surface area contributed by atoms with Gasteiger partial charge in [0.25, 0.3) is 5.91 Å². The summed E-state index contributed by atoms with van der Waals surface area (Å²) in [7, 11) is 0. The Hall–Kier alpha value is -2.70. The first kappa shape index (κ1) is 19.3. The molecule has 1 aromatic carbocycles. The Kier molecular flexibility index (Phi) is 7.10. The summed E-state index contributed by atoms with van der Waals surface area (Å²) >= 11 is 0. The number of carbonyl (C=O) groups excluding carboxylic acids is 3. The molecular weight excluding hydrogens is 312 g/mol. The van der Waals surface area contributed by atoms with Crippen LogP contribution >= 0.6 is 0 Å². The first-order valence-electron chi connectivity index (χ1n) is 7.69. The second-order valence-corrected chi connectivity index (χ2v) is 5.35. The van der Waals surface area contributed by atoms with Gasteiger partial charge in [0.1, 0.15) is 6.04 Å². The molecule has 0 radical (unpaired) electrons. The van der Waals surface area contributed by atoms with Crippen LogP contribution in [0.25, 0.3) is 0 Å². The zero-order valence-corrected chi connectivity index (χ0v) is 14.0. The molecule has 0 saturated heterocycles. The molecule has 1 unspecified atom stereocenters. The second-order valence-electron chi connectivity index (χ2n) is 5.35. The molecule has 0 saturated carbocycles. The highest BCUT2D eigenvalue weighted by molar-refractivity contribution is 5.99. The zero-order chi connectivity index (χ0) is 18.3. The molecule has 1 atom stereocenters. The summed E-state index contributed by atoms with van der Waals surface area (Å²) in [5, 5.41) is 11.7. The summed E-state index contributed by atoms with van der Waals surface area (Å²) in [4.78, 5) is 47.5. The lowest BCUT2D eigenvalue weighted by Gasteiger charge is -2.26. The third-order valence-electron chi connectivity index (χ3n) is 3.59. The van der Waals surface area contributed by atoms with Crippen molar-refractivity contribution in [2.75, 3.05) is 13.1 Å². The Bertz CT molecular complexity index is 624. The maximum absolute atomic E-state index is 12.6. The van der Waals surface area contributed by atoms with Crippen molar-refractivity contribution in [1.82, 2.24) is 10.2 Å². The number of carboxylic acids is 1. The monoisotopic (exact) mass is 334 g/mol. The Morgan fingerprint density at radius 3 is 2.12 bits per heavy atom. The number of hydrogen-bond donors (Lipinski definition) is 2. The van der Waals surface area contributed by atoms with Crippen molar-refractivity contribution < 1.29 is 24.3 Å². The number of aliphatic carboxylic acids is 1. The predicted molar refractivity (Wildman–Crippen MR) is 87.9 cm³/mol. The van der Waals surface area contributed by atoms with Gasteiger partial charge in [0, 0.05) is 37.6 Å². The number of nitrogens with one attached hydrogen (secondary N) is 1. The van der Waals surface area contributed by atoms with Crippen molar-refractivity contribution in [3.8, 4) is 0 Å². The highest BCUT2D eigenvalue weighted by Gasteiger charge is 2.26. The van der Waals surface area contributed by atoms with Crippen LogP contribution in [-0.4, -0.2) is 52.7 Å². The van der Waals surface area contributed by atoms with Crippen LogP contribution < -0.4 is 5.32 Å². The normalized spacial score (nSPS) is 11.5. The van der Waals surface area contributed by atoms with E-state index in [-0.39, 0.29) is 24.8 Å². The van der Waals surface area contributed by atoms with Gasteiger partial charge in [0.05, 0.1) is 0 Å². The Labute approximate surface area is 140 Å². The molecule has 0 fully saturated rings. The number of carboxylic acid groups (broad SMARTS) is 1. The molecule has 0 aromatic heterocycles. The average molecular weight is 334 g/mol. The molecule has 7 nitrogen and oxygen atoms in total. The number of hydrogen-bond acceptors (Lipinski definition) is 4. The predicted octanol–water partition coefficient (Wildman–Crippen LogP) is 1.33. The molecule has 2 amide bonds. The van der Waals surface area contributed by atoms with Crippen LogP contribution in [-0.2, 0) is 9.59 Å². The van der Waals surface area contributed by atoms with Crippen molar-refractivity contribution in [1.29, 1.82) is 0 Å². The third-order valence-corrected chi connectivity index (χ3v) is 3.59. The van der Waals surface area contributed by atoms with Crippen LogP contribution in [0.2, 0.25) is 0 Å². The van der Waals surface area contributed by atoms with E-state index in [2.05, 4.69) is 5.32 Å². The summed E-state index contributed by atoms with van der Waals surface area (Å²) in [5.41, 5.74) is 0.795. The van der Waals surface area contributed by atoms with Gasteiger partial charge in [0.15, 0.2) is 5.78 Å². The van der Waals surface area contributed by atoms with Crippen LogP contribution in [0, 0.1) is 0 Å². The molecule has 0 aliphatic carbocycles. The Morgan fingerprint density at radius 2 is 1.67 bits per heavy atom. The summed E-state index contributed by atoms with van der Waals surface area (Å²) in [6.45, 7) is 4.73. The van der Waals surface area contributed by atoms with Gasteiger partial charge in [-0.15, -0.1) is 0 Å². The van der Waals surface area contributed by atoms with E-state index in [9.17, 15) is 24.3 Å². The van der Waals surface area contributed by atoms with Crippen molar-refractivity contribution in [3.05, 3.63) is 35.4 Å². The molecule has 7 heteroatoms. The quantitative estimate of drug-likeness (QED) is 0.698. The molecule has 1 rings (SSSR count). The largest absolute Gasteiger partial charge is 0.480 e. The summed E-state index contributed by atoms with van der Waals surface area (Å²) in [5.74, 6) is -1.89. The molecule has 0 heterocycles. The highest BCUT2D eigenvalue weighted by Crippen LogP contribution is 2.12. The number of amides is 2. The topological polar surface area (TPSA) is 104 Å². The van der Waals surface area contributed by atoms with E-state index in [1.165, 1.54) is 30.9 Å². The smallest absolute Gasteiger partial charge is 0.326 e. The van der Waals surface area contributed by atoms with Gasteiger partial charge in [-0.2, -0.15) is 0 Å². The average Bonchev–Trinajstić information content (AvgIpc) is 2.56. The number of rotatable bonds is 8. The summed E-state index contributed by atoms with van der Waals surface area (Å²) < 4.78 is 0. The second kappa shape index (κ2) is 8.81. The molecule has 24 heavy (non-hydrogen) atoms. The van der Waals surface area contributed by atoms with Crippen molar-refractivity contribution in [2.45, 2.75) is 33.2 Å². The third kappa shape index (κ3) is 5.19. The first-order valence-corrected chi connectivity index (χ1v) is 7.69. The molecule has 0 bridgehead atoms. The fourth-order valence-electron chi connectivity index (χ4n) is 2.13. The van der Waals surface area contributed by atoms with E-state index >= 15 is 0 Å². The van der Waals surface area contributed by atoms with Crippen LogP contribution in [0.4, 0.5) is 0 Å². The molecule has 2 N–H and O–H groups in total. The maximum Gasteiger partial charge on any atom is 0.326 e. The Balaban J connectivity index is 2.95. The molecule has 0 aliphatic rings. The molecule has 1 aromatic rings. The zero-order valence-electron chi connectivity index (χ0n) is 14.0. The number of ketones is 1. The van der Waals surface area contributed by atoms with Gasteiger partial charge in [-0.05, 0) is 19.1 Å². The fraction of sp³-hybridized carbons (Fsp3) is 0.412. The van der Waals surface area contributed by atoms with Gasteiger partial charge in [0.2, 0.25) is 5.91 Å². The summed E-state index contributed by atoms with van der Waals surface area (Å²) in [6, 6.07) is 5.08. The van der Waals surface area contributed by atoms with Crippen LogP contribution in [0.15, 0.2) is 24.3 Å². The van der Waals surface area contributed by atoms with Crippen LogP contribution in [0.1, 0.15) is 47.9 Å². The van der Waals surface area contributed by atoms with E-state index in [1.807, 2.05) is 0 Å². The summed E-state index contributed by atoms with van der Waals surface area (Å²) in [6.07, 6.45) is 0.367. The number of benzene rings is 1. The van der Waals surface area contributed by atoms with Gasteiger partial charge in [-0.1, -0.05) is 19.1 Å². The van der Waals surface area contributed by atoms with E-state index in [1.54, 1.807) is 19.1 Å². The van der Waals surface area contributed by atoms with Gasteiger partial charge in [-0.25, -0.2) is 4.79 Å². The number of nitrogens with zero attached hydrogens (tertiary/aromatic N) is 1. The number of Topliss-reactive ketones (excluding diaryl/α,β-unsaturated/α-hetero) is 1. The van der Waals surface area contributed by atoms with Crippen LogP contribution in [0.5, 0.6) is 0 Å². The Morgan fingerprint density at radius 1 is 1.12 bits per heavy atom. The highest BCUT2D eigenvalue weighted by atomic mass is 16.4. The van der Waals surface area contributed by atoms with Crippen LogP contribution in [0.3, 0.4) is 0 Å². The molecular formula is C17H22N2O5. The minimum Gasteiger partial charge on any atom is -0.480 e.